The average Bonchev–Trinajstić information content (AvgIpc) is 2.38. The molecule has 1 fully saturated rings. The molecule has 20 heavy (non-hydrogen) atoms. The van der Waals surface area contributed by atoms with E-state index in [1.807, 2.05) is 6.92 Å². The van der Waals surface area contributed by atoms with E-state index in [0.29, 0.717) is 18.7 Å². The number of likely N-dealkylation sites (tertiary alicyclic amines) is 1. The molecule has 1 saturated heterocycles. The van der Waals surface area contributed by atoms with Gasteiger partial charge in [0.1, 0.15) is 12.4 Å². The number of aliphatic hydroxyl groups excluding tert-OH is 1. The smallest absolute Gasteiger partial charge is 0.124 e. The molecular weight excluding hydrogens is 257 g/mol. The van der Waals surface area contributed by atoms with Gasteiger partial charge in [-0.3, -0.25) is 4.90 Å². The van der Waals surface area contributed by atoms with E-state index < -0.39 is 5.60 Å². The lowest BCUT2D eigenvalue weighted by atomic mass is 9.94. The topological polar surface area (TPSA) is 43.7 Å². The van der Waals surface area contributed by atoms with Gasteiger partial charge in [0.2, 0.25) is 0 Å². The van der Waals surface area contributed by atoms with Crippen molar-refractivity contribution in [3.63, 3.8) is 0 Å². The average molecular weight is 277 g/mol. The number of nitrogens with zero attached hydrogens (tertiary/aromatic N) is 1. The Balaban J connectivity index is 2.16. The lowest BCUT2D eigenvalue weighted by Crippen LogP contribution is -2.45. The monoisotopic (exact) mass is 277 g/mol. The van der Waals surface area contributed by atoms with E-state index in [9.17, 15) is 9.50 Å². The van der Waals surface area contributed by atoms with Gasteiger partial charge in [0, 0.05) is 18.7 Å². The standard InChI is InChI=1S/C16H20FNO2/c1-16(20)7-3-8-18(12-16)11-14-5-6-15(17)10-13(14)4-2-9-19/h5-6,10,19-20H,3,7-9,11-12H2,1H3. The molecule has 1 aromatic carbocycles. The Bertz CT molecular complexity index is 531. The molecule has 0 spiro atoms. The van der Waals surface area contributed by atoms with Gasteiger partial charge in [0.05, 0.1) is 5.60 Å². The van der Waals surface area contributed by atoms with Crippen LogP contribution in [0.1, 0.15) is 30.9 Å². The van der Waals surface area contributed by atoms with Crippen molar-refractivity contribution in [2.24, 2.45) is 0 Å². The summed E-state index contributed by atoms with van der Waals surface area (Å²) in [5.41, 5.74) is 0.865. The highest BCUT2D eigenvalue weighted by Gasteiger charge is 2.28. The van der Waals surface area contributed by atoms with E-state index in [4.69, 9.17) is 5.11 Å². The van der Waals surface area contributed by atoms with E-state index in [1.165, 1.54) is 12.1 Å². The molecule has 0 amide bonds. The highest BCUT2D eigenvalue weighted by atomic mass is 19.1. The summed E-state index contributed by atoms with van der Waals surface area (Å²) in [6, 6.07) is 4.53. The van der Waals surface area contributed by atoms with Gasteiger partial charge in [0.15, 0.2) is 0 Å². The molecule has 0 saturated carbocycles. The van der Waals surface area contributed by atoms with Crippen molar-refractivity contribution in [2.45, 2.75) is 31.9 Å². The third kappa shape index (κ3) is 4.04. The third-order valence-electron chi connectivity index (χ3n) is 3.52. The minimum absolute atomic E-state index is 0.242. The second kappa shape index (κ2) is 6.36. The summed E-state index contributed by atoms with van der Waals surface area (Å²) in [4.78, 5) is 2.15. The number of aliphatic hydroxyl groups is 2. The van der Waals surface area contributed by atoms with Crippen molar-refractivity contribution in [2.75, 3.05) is 19.7 Å². The van der Waals surface area contributed by atoms with E-state index in [-0.39, 0.29) is 12.4 Å². The summed E-state index contributed by atoms with van der Waals surface area (Å²) in [7, 11) is 0. The maximum Gasteiger partial charge on any atom is 0.124 e. The van der Waals surface area contributed by atoms with Gasteiger partial charge in [-0.15, -0.1) is 0 Å². The van der Waals surface area contributed by atoms with Crippen LogP contribution in [0.4, 0.5) is 4.39 Å². The normalized spacial score (nSPS) is 23.2. The summed E-state index contributed by atoms with van der Waals surface area (Å²) in [6.07, 6.45) is 1.76. The maximum absolute atomic E-state index is 13.3. The predicted molar refractivity (Wildman–Crippen MR) is 75.5 cm³/mol. The molecule has 1 unspecified atom stereocenters. The fourth-order valence-corrected chi connectivity index (χ4v) is 2.64. The Morgan fingerprint density at radius 3 is 2.95 bits per heavy atom. The van der Waals surface area contributed by atoms with Gasteiger partial charge < -0.3 is 10.2 Å². The Hall–Kier alpha value is -1.41. The van der Waals surface area contributed by atoms with Gasteiger partial charge in [-0.05, 0) is 44.0 Å². The number of piperidine rings is 1. The number of β-amino-alcohol motifs (C(OH)–C–C–N with tert-alkyl or cyclic N) is 1. The van der Waals surface area contributed by atoms with Crippen molar-refractivity contribution in [3.8, 4) is 11.8 Å². The first kappa shape index (κ1) is 15.0. The first-order valence-corrected chi connectivity index (χ1v) is 6.83. The lowest BCUT2D eigenvalue weighted by Gasteiger charge is -2.37. The molecule has 1 aliphatic heterocycles. The zero-order chi connectivity index (χ0) is 14.6. The second-order valence-corrected chi connectivity index (χ2v) is 5.57. The van der Waals surface area contributed by atoms with Crippen LogP contribution in [0.3, 0.4) is 0 Å². The van der Waals surface area contributed by atoms with Crippen molar-refractivity contribution >= 4 is 0 Å². The second-order valence-electron chi connectivity index (χ2n) is 5.57. The molecule has 0 bridgehead atoms. The molecule has 1 atom stereocenters. The maximum atomic E-state index is 13.3. The van der Waals surface area contributed by atoms with Crippen LogP contribution in [0, 0.1) is 17.7 Å². The minimum atomic E-state index is -0.658. The largest absolute Gasteiger partial charge is 0.389 e. The quantitative estimate of drug-likeness (QED) is 0.806. The molecule has 4 heteroatoms. The van der Waals surface area contributed by atoms with Gasteiger partial charge in [-0.2, -0.15) is 0 Å². The molecule has 108 valence electrons. The van der Waals surface area contributed by atoms with Crippen molar-refractivity contribution < 1.29 is 14.6 Å². The van der Waals surface area contributed by atoms with Gasteiger partial charge >= 0.3 is 0 Å². The fraction of sp³-hybridized carbons (Fsp3) is 0.500. The van der Waals surface area contributed by atoms with E-state index in [1.54, 1.807) is 6.07 Å². The number of benzene rings is 1. The van der Waals surface area contributed by atoms with Gasteiger partial charge in [0.25, 0.3) is 0 Å². The van der Waals surface area contributed by atoms with Crippen molar-refractivity contribution in [1.82, 2.24) is 4.90 Å². The number of hydrogen-bond donors (Lipinski definition) is 2. The molecule has 1 heterocycles. The summed E-state index contributed by atoms with van der Waals surface area (Å²) < 4.78 is 13.3. The highest BCUT2D eigenvalue weighted by Crippen LogP contribution is 2.22. The molecular formula is C16H20FNO2. The molecule has 1 aromatic rings. The van der Waals surface area contributed by atoms with Crippen LogP contribution in [0.15, 0.2) is 18.2 Å². The Labute approximate surface area is 119 Å². The van der Waals surface area contributed by atoms with E-state index in [0.717, 1.165) is 24.9 Å². The number of rotatable bonds is 2. The minimum Gasteiger partial charge on any atom is -0.389 e. The van der Waals surface area contributed by atoms with Crippen molar-refractivity contribution in [1.29, 1.82) is 0 Å². The van der Waals surface area contributed by atoms with E-state index in [2.05, 4.69) is 16.7 Å². The summed E-state index contributed by atoms with van der Waals surface area (Å²) in [5, 5.41) is 18.9. The summed E-state index contributed by atoms with van der Waals surface area (Å²) in [6.45, 7) is 3.76. The van der Waals surface area contributed by atoms with Crippen LogP contribution >= 0.6 is 0 Å². The predicted octanol–water partition coefficient (Wildman–Crippen LogP) is 1.52. The number of halogens is 1. The SMILES string of the molecule is CC1(O)CCCN(Cc2ccc(F)cc2C#CCO)C1. The van der Waals surface area contributed by atoms with Crippen LogP contribution in [-0.4, -0.2) is 40.4 Å². The molecule has 0 radical (unpaired) electrons. The Kier molecular flexibility index (Phi) is 4.77. The molecule has 3 nitrogen and oxygen atoms in total. The molecule has 0 aliphatic carbocycles. The van der Waals surface area contributed by atoms with E-state index >= 15 is 0 Å². The highest BCUT2D eigenvalue weighted by molar-refractivity contribution is 5.41. The summed E-state index contributed by atoms with van der Waals surface area (Å²) in [5.74, 6) is 5.01. The van der Waals surface area contributed by atoms with Crippen LogP contribution in [-0.2, 0) is 6.54 Å². The zero-order valence-electron chi connectivity index (χ0n) is 11.7. The van der Waals surface area contributed by atoms with Crippen LogP contribution in [0.2, 0.25) is 0 Å². The van der Waals surface area contributed by atoms with Gasteiger partial charge in [-0.1, -0.05) is 17.9 Å². The first-order valence-electron chi connectivity index (χ1n) is 6.83. The van der Waals surface area contributed by atoms with Crippen LogP contribution < -0.4 is 0 Å². The molecule has 1 aliphatic rings. The van der Waals surface area contributed by atoms with Crippen LogP contribution in [0.25, 0.3) is 0 Å². The Morgan fingerprint density at radius 1 is 1.45 bits per heavy atom. The zero-order valence-corrected chi connectivity index (χ0v) is 11.7. The van der Waals surface area contributed by atoms with Gasteiger partial charge in [-0.25, -0.2) is 4.39 Å². The summed E-state index contributed by atoms with van der Waals surface area (Å²) >= 11 is 0. The molecule has 2 rings (SSSR count). The lowest BCUT2D eigenvalue weighted by molar-refractivity contribution is -0.0181. The first-order chi connectivity index (χ1) is 9.50. The molecule has 0 aromatic heterocycles. The number of hydrogen-bond acceptors (Lipinski definition) is 3. The van der Waals surface area contributed by atoms with Crippen LogP contribution in [0.5, 0.6) is 0 Å². The molecule has 2 N–H and O–H groups in total. The Morgan fingerprint density at radius 2 is 2.25 bits per heavy atom. The van der Waals surface area contributed by atoms with Crippen molar-refractivity contribution in [3.05, 3.63) is 35.1 Å². The third-order valence-corrected chi connectivity index (χ3v) is 3.52. The fourth-order valence-electron chi connectivity index (χ4n) is 2.64.